The van der Waals surface area contributed by atoms with E-state index in [-0.39, 0.29) is 18.6 Å². The van der Waals surface area contributed by atoms with E-state index in [1.54, 1.807) is 6.92 Å². The fourth-order valence-electron chi connectivity index (χ4n) is 1.24. The van der Waals surface area contributed by atoms with Gasteiger partial charge in [-0.15, -0.1) is 0 Å². The second-order valence-electron chi connectivity index (χ2n) is 3.19. The van der Waals surface area contributed by atoms with Gasteiger partial charge in [-0.1, -0.05) is 0 Å². The second kappa shape index (κ2) is 5.42. The van der Waals surface area contributed by atoms with Gasteiger partial charge in [0.15, 0.2) is 5.75 Å². The molecule has 5 nitrogen and oxygen atoms in total. The maximum atomic E-state index is 12.3. The molecule has 0 aliphatic carbocycles. The number of aromatic hydroxyl groups is 1. The number of rotatable bonds is 4. The van der Waals surface area contributed by atoms with Crippen LogP contribution in [0.3, 0.4) is 0 Å². The van der Waals surface area contributed by atoms with E-state index in [2.05, 4.69) is 9.72 Å². The Morgan fingerprint density at radius 3 is 2.76 bits per heavy atom. The van der Waals surface area contributed by atoms with Gasteiger partial charge in [0.05, 0.1) is 13.0 Å². The van der Waals surface area contributed by atoms with Crippen LogP contribution in [0.2, 0.25) is 0 Å². The van der Waals surface area contributed by atoms with Gasteiger partial charge in [0.2, 0.25) is 5.43 Å². The highest BCUT2D eigenvalue weighted by Gasteiger charge is 2.19. The summed E-state index contributed by atoms with van der Waals surface area (Å²) in [5, 5.41) is 9.22. The third-order valence-electron chi connectivity index (χ3n) is 2.02. The number of hydrogen-bond acceptors (Lipinski definition) is 4. The normalized spacial score (nSPS) is 10.6. The van der Waals surface area contributed by atoms with Gasteiger partial charge in [0, 0.05) is 11.8 Å². The Bertz CT molecular complexity index is 470. The summed E-state index contributed by atoms with van der Waals surface area (Å²) >= 11 is 0. The first-order valence-electron chi connectivity index (χ1n) is 4.84. The van der Waals surface area contributed by atoms with Crippen molar-refractivity contribution >= 4 is 5.97 Å². The molecule has 0 fully saturated rings. The van der Waals surface area contributed by atoms with E-state index >= 15 is 0 Å². The van der Waals surface area contributed by atoms with Crippen molar-refractivity contribution in [1.82, 2.24) is 4.98 Å². The van der Waals surface area contributed by atoms with Crippen molar-refractivity contribution in [1.29, 1.82) is 0 Å². The summed E-state index contributed by atoms with van der Waals surface area (Å²) in [4.78, 5) is 24.6. The van der Waals surface area contributed by atoms with E-state index in [9.17, 15) is 23.5 Å². The Hall–Kier alpha value is -1.92. The van der Waals surface area contributed by atoms with Gasteiger partial charge >= 0.3 is 5.97 Å². The van der Waals surface area contributed by atoms with Crippen LogP contribution in [0.5, 0.6) is 5.75 Å². The molecule has 1 aromatic rings. The molecule has 0 atom stereocenters. The Morgan fingerprint density at radius 2 is 2.24 bits per heavy atom. The number of carbonyl (C=O) groups excluding carboxylic acids is 1. The minimum absolute atomic E-state index is 0.120. The van der Waals surface area contributed by atoms with Crippen LogP contribution in [0.1, 0.15) is 24.6 Å². The number of alkyl halides is 2. The SMILES string of the molecule is CCOC(=O)Cc1c[nH]c(C(F)F)c(O)c1=O. The number of ether oxygens (including phenoxy) is 1. The van der Waals surface area contributed by atoms with Gasteiger partial charge in [-0.05, 0) is 6.92 Å². The lowest BCUT2D eigenvalue weighted by Gasteiger charge is -2.05. The van der Waals surface area contributed by atoms with Gasteiger partial charge in [0.1, 0.15) is 5.69 Å². The highest BCUT2D eigenvalue weighted by molar-refractivity contribution is 5.72. The average Bonchev–Trinajstić information content (AvgIpc) is 2.25. The molecule has 0 aliphatic heterocycles. The van der Waals surface area contributed by atoms with E-state index in [1.807, 2.05) is 0 Å². The van der Waals surface area contributed by atoms with Gasteiger partial charge in [-0.25, -0.2) is 8.78 Å². The smallest absolute Gasteiger partial charge is 0.310 e. The molecule has 0 unspecified atom stereocenters. The summed E-state index contributed by atoms with van der Waals surface area (Å²) in [5.74, 6) is -1.73. The first-order valence-corrected chi connectivity index (χ1v) is 4.84. The summed E-state index contributed by atoms with van der Waals surface area (Å²) in [5.41, 5.74) is -1.97. The van der Waals surface area contributed by atoms with Crippen molar-refractivity contribution in [2.75, 3.05) is 6.61 Å². The molecule has 1 heterocycles. The van der Waals surface area contributed by atoms with Gasteiger partial charge in [0.25, 0.3) is 6.43 Å². The van der Waals surface area contributed by atoms with Crippen LogP contribution >= 0.6 is 0 Å². The van der Waals surface area contributed by atoms with Crippen LogP contribution in [-0.2, 0) is 16.0 Å². The molecule has 0 saturated carbocycles. The summed E-state index contributed by atoms with van der Waals surface area (Å²) in [7, 11) is 0. The summed E-state index contributed by atoms with van der Waals surface area (Å²) in [6.07, 6.45) is -2.39. The number of aromatic amines is 1. The molecular formula is C10H11F2NO4. The lowest BCUT2D eigenvalue weighted by molar-refractivity contribution is -0.142. The summed E-state index contributed by atoms with van der Waals surface area (Å²) in [6.45, 7) is 1.75. The monoisotopic (exact) mass is 247 g/mol. The van der Waals surface area contributed by atoms with Gasteiger partial charge in [-0.2, -0.15) is 0 Å². The minimum atomic E-state index is -2.99. The van der Waals surface area contributed by atoms with E-state index in [0.717, 1.165) is 6.20 Å². The van der Waals surface area contributed by atoms with E-state index in [4.69, 9.17) is 0 Å². The molecular weight excluding hydrogens is 236 g/mol. The van der Waals surface area contributed by atoms with Crippen molar-refractivity contribution in [2.45, 2.75) is 19.8 Å². The molecule has 1 rings (SSSR count). The van der Waals surface area contributed by atoms with E-state index < -0.39 is 29.3 Å². The van der Waals surface area contributed by atoms with Crippen molar-refractivity contribution in [3.05, 3.63) is 27.7 Å². The second-order valence-corrected chi connectivity index (χ2v) is 3.19. The van der Waals surface area contributed by atoms with Crippen LogP contribution < -0.4 is 5.43 Å². The van der Waals surface area contributed by atoms with Crippen LogP contribution in [0.25, 0.3) is 0 Å². The number of carbonyl (C=O) groups is 1. The Balaban J connectivity index is 3.01. The molecule has 0 bridgehead atoms. The third kappa shape index (κ3) is 3.02. The molecule has 0 spiro atoms. The lowest BCUT2D eigenvalue weighted by atomic mass is 10.1. The maximum absolute atomic E-state index is 12.3. The van der Waals surface area contributed by atoms with Gasteiger partial charge < -0.3 is 14.8 Å². The van der Waals surface area contributed by atoms with E-state index in [1.165, 1.54) is 0 Å². The van der Waals surface area contributed by atoms with Crippen molar-refractivity contribution in [2.24, 2.45) is 0 Å². The summed E-state index contributed by atoms with van der Waals surface area (Å²) in [6, 6.07) is 0. The molecule has 0 saturated heterocycles. The molecule has 0 amide bonds. The van der Waals surface area contributed by atoms with Crippen LogP contribution in [-0.4, -0.2) is 22.7 Å². The quantitative estimate of drug-likeness (QED) is 0.781. The number of nitrogens with one attached hydrogen (secondary N) is 1. The number of halogens is 2. The largest absolute Gasteiger partial charge is 0.503 e. The predicted molar refractivity (Wildman–Crippen MR) is 54.0 cm³/mol. The third-order valence-corrected chi connectivity index (χ3v) is 2.02. The summed E-state index contributed by atoms with van der Waals surface area (Å²) < 4.78 is 29.2. The highest BCUT2D eigenvalue weighted by Crippen LogP contribution is 2.22. The topological polar surface area (TPSA) is 79.4 Å². The molecule has 0 radical (unpaired) electrons. The van der Waals surface area contributed by atoms with Crippen LogP contribution in [0, 0.1) is 0 Å². The maximum Gasteiger partial charge on any atom is 0.310 e. The van der Waals surface area contributed by atoms with Gasteiger partial charge in [-0.3, -0.25) is 9.59 Å². The molecule has 17 heavy (non-hydrogen) atoms. The predicted octanol–water partition coefficient (Wildman–Crippen LogP) is 1.12. The lowest BCUT2D eigenvalue weighted by Crippen LogP contribution is -2.17. The fraction of sp³-hybridized carbons (Fsp3) is 0.400. The molecule has 0 aromatic carbocycles. The highest BCUT2D eigenvalue weighted by atomic mass is 19.3. The molecule has 7 heteroatoms. The molecule has 1 aromatic heterocycles. The zero-order valence-electron chi connectivity index (χ0n) is 9.00. The standard InChI is InChI=1S/C10H11F2NO4/c1-2-17-6(14)3-5-4-13-7(10(11)12)9(16)8(5)15/h4,10,16H,2-3H2,1H3,(H,13,15). The van der Waals surface area contributed by atoms with Crippen LogP contribution in [0.15, 0.2) is 11.0 Å². The Labute approximate surface area is 95.0 Å². The fourth-order valence-corrected chi connectivity index (χ4v) is 1.24. The minimum Gasteiger partial charge on any atom is -0.503 e. The molecule has 0 aliphatic rings. The molecule has 94 valence electrons. The first-order chi connectivity index (χ1) is 7.97. The number of esters is 1. The van der Waals surface area contributed by atoms with Crippen molar-refractivity contribution in [3.8, 4) is 5.75 Å². The zero-order valence-corrected chi connectivity index (χ0v) is 9.00. The first kappa shape index (κ1) is 13.1. The average molecular weight is 247 g/mol. The van der Waals surface area contributed by atoms with Crippen molar-refractivity contribution < 1.29 is 23.4 Å². The van der Waals surface area contributed by atoms with Crippen molar-refractivity contribution in [3.63, 3.8) is 0 Å². The number of pyridine rings is 1. The zero-order chi connectivity index (χ0) is 13.0. The Kier molecular flexibility index (Phi) is 4.19. The van der Waals surface area contributed by atoms with Crippen LogP contribution in [0.4, 0.5) is 8.78 Å². The Morgan fingerprint density at radius 1 is 1.59 bits per heavy atom. The number of H-pyrrole nitrogens is 1. The number of aromatic nitrogens is 1. The number of hydrogen-bond donors (Lipinski definition) is 2. The molecule has 2 N–H and O–H groups in total. The van der Waals surface area contributed by atoms with E-state index in [0.29, 0.717) is 0 Å².